The fourth-order valence-electron chi connectivity index (χ4n) is 1.15. The van der Waals surface area contributed by atoms with Crippen LogP contribution in [0.3, 0.4) is 0 Å². The topological polar surface area (TPSA) is 44.7 Å². The van der Waals surface area contributed by atoms with Crippen LogP contribution in [0.15, 0.2) is 35.4 Å². The average molecular weight is 205 g/mol. The number of benzene rings is 1. The van der Waals surface area contributed by atoms with Crippen molar-refractivity contribution in [1.29, 1.82) is 0 Å². The van der Waals surface area contributed by atoms with Gasteiger partial charge in [-0.05, 0) is 19.1 Å². The molecule has 0 bridgehead atoms. The Hall–Kier alpha value is -1.84. The van der Waals surface area contributed by atoms with Gasteiger partial charge in [-0.2, -0.15) is 5.10 Å². The minimum absolute atomic E-state index is 0.169. The summed E-state index contributed by atoms with van der Waals surface area (Å²) in [7, 11) is 3.39. The van der Waals surface area contributed by atoms with Crippen molar-refractivity contribution in [3.63, 3.8) is 0 Å². The molecular formula is C11H15N3O. The number of nitrogens with zero attached hydrogens (tertiary/aromatic N) is 2. The summed E-state index contributed by atoms with van der Waals surface area (Å²) >= 11 is 0. The molecule has 0 unspecified atom stereocenters. The van der Waals surface area contributed by atoms with E-state index in [4.69, 9.17) is 0 Å². The number of nitrogens with one attached hydrogen (secondary N) is 1. The molecule has 0 saturated carbocycles. The number of carbonyl (C=O) groups excluding carboxylic acids is 1. The Bertz CT molecular complexity index is 359. The molecule has 1 N–H and O–H groups in total. The molecule has 0 aliphatic heterocycles. The van der Waals surface area contributed by atoms with E-state index in [-0.39, 0.29) is 5.91 Å². The number of hydrogen-bond acceptors (Lipinski definition) is 3. The first-order valence-corrected chi connectivity index (χ1v) is 4.71. The van der Waals surface area contributed by atoms with Crippen LogP contribution < -0.4 is 10.3 Å². The van der Waals surface area contributed by atoms with Crippen molar-refractivity contribution in [2.75, 3.05) is 19.1 Å². The molecule has 1 amide bonds. The highest BCUT2D eigenvalue weighted by Crippen LogP contribution is 2.10. The Kier molecular flexibility index (Phi) is 3.85. The molecule has 0 saturated heterocycles. The lowest BCUT2D eigenvalue weighted by atomic mass is 10.3. The van der Waals surface area contributed by atoms with E-state index in [0.717, 1.165) is 5.69 Å². The predicted octanol–water partition coefficient (Wildman–Crippen LogP) is 1.24. The SMILES string of the molecule is CNC(=O)/C(C)=N/N(C)c1ccccc1. The molecule has 1 aromatic rings. The van der Waals surface area contributed by atoms with Gasteiger partial charge in [0.2, 0.25) is 0 Å². The smallest absolute Gasteiger partial charge is 0.266 e. The zero-order valence-corrected chi connectivity index (χ0v) is 9.19. The van der Waals surface area contributed by atoms with Crippen LogP contribution in [0.1, 0.15) is 6.92 Å². The summed E-state index contributed by atoms with van der Waals surface area (Å²) in [4.78, 5) is 11.2. The van der Waals surface area contributed by atoms with E-state index >= 15 is 0 Å². The highest BCUT2D eigenvalue weighted by atomic mass is 16.1. The lowest BCUT2D eigenvalue weighted by Gasteiger charge is -2.13. The average Bonchev–Trinajstić information content (AvgIpc) is 2.29. The third-order valence-corrected chi connectivity index (χ3v) is 1.99. The molecule has 4 heteroatoms. The van der Waals surface area contributed by atoms with Crippen molar-refractivity contribution in [3.8, 4) is 0 Å². The summed E-state index contributed by atoms with van der Waals surface area (Å²) in [5.74, 6) is -0.169. The summed E-state index contributed by atoms with van der Waals surface area (Å²) < 4.78 is 0. The largest absolute Gasteiger partial charge is 0.354 e. The second kappa shape index (κ2) is 5.14. The molecule has 80 valence electrons. The van der Waals surface area contributed by atoms with Crippen molar-refractivity contribution in [1.82, 2.24) is 5.32 Å². The zero-order chi connectivity index (χ0) is 11.3. The highest BCUT2D eigenvalue weighted by Gasteiger charge is 2.04. The number of anilines is 1. The van der Waals surface area contributed by atoms with Crippen LogP contribution in [-0.4, -0.2) is 25.7 Å². The summed E-state index contributed by atoms with van der Waals surface area (Å²) in [6.45, 7) is 1.68. The van der Waals surface area contributed by atoms with E-state index < -0.39 is 0 Å². The minimum Gasteiger partial charge on any atom is -0.354 e. The first-order valence-electron chi connectivity index (χ1n) is 4.71. The lowest BCUT2D eigenvalue weighted by molar-refractivity contribution is -0.114. The van der Waals surface area contributed by atoms with Crippen LogP contribution in [0.4, 0.5) is 5.69 Å². The molecule has 0 spiro atoms. The van der Waals surface area contributed by atoms with E-state index in [1.807, 2.05) is 37.4 Å². The molecule has 0 aromatic heterocycles. The summed E-state index contributed by atoms with van der Waals surface area (Å²) in [5.41, 5.74) is 1.38. The molecule has 0 fully saturated rings. The van der Waals surface area contributed by atoms with Gasteiger partial charge in [0.1, 0.15) is 5.71 Å². The first kappa shape index (κ1) is 11.2. The number of para-hydroxylation sites is 1. The monoisotopic (exact) mass is 205 g/mol. The highest BCUT2D eigenvalue weighted by molar-refractivity contribution is 6.37. The molecule has 0 aliphatic rings. The van der Waals surface area contributed by atoms with Crippen LogP contribution in [0.25, 0.3) is 0 Å². The standard InChI is InChI=1S/C11H15N3O/c1-9(11(15)12-2)13-14(3)10-7-5-4-6-8-10/h4-8H,1-3H3,(H,12,15)/b13-9+. The predicted molar refractivity (Wildman–Crippen MR) is 62.0 cm³/mol. The van der Waals surface area contributed by atoms with Gasteiger partial charge in [0, 0.05) is 14.1 Å². The van der Waals surface area contributed by atoms with E-state index in [2.05, 4.69) is 10.4 Å². The van der Waals surface area contributed by atoms with Crippen molar-refractivity contribution < 1.29 is 4.79 Å². The second-order valence-corrected chi connectivity index (χ2v) is 3.12. The van der Waals surface area contributed by atoms with Gasteiger partial charge in [0.15, 0.2) is 0 Å². The maximum atomic E-state index is 11.2. The molecule has 1 aromatic carbocycles. The van der Waals surface area contributed by atoms with E-state index in [0.29, 0.717) is 5.71 Å². The van der Waals surface area contributed by atoms with Crippen LogP contribution in [0.5, 0.6) is 0 Å². The number of hydrogen-bond donors (Lipinski definition) is 1. The van der Waals surface area contributed by atoms with Crippen molar-refractivity contribution >= 4 is 17.3 Å². The van der Waals surface area contributed by atoms with Crippen LogP contribution in [-0.2, 0) is 4.79 Å². The van der Waals surface area contributed by atoms with Crippen molar-refractivity contribution in [2.45, 2.75) is 6.92 Å². The van der Waals surface area contributed by atoms with Gasteiger partial charge < -0.3 is 5.32 Å². The van der Waals surface area contributed by atoms with Gasteiger partial charge in [-0.15, -0.1) is 0 Å². The first-order chi connectivity index (χ1) is 7.15. The molecular weight excluding hydrogens is 190 g/mol. The van der Waals surface area contributed by atoms with Gasteiger partial charge in [-0.25, -0.2) is 0 Å². The minimum atomic E-state index is -0.169. The lowest BCUT2D eigenvalue weighted by Crippen LogP contribution is -2.27. The normalized spacial score (nSPS) is 11.0. The van der Waals surface area contributed by atoms with Crippen molar-refractivity contribution in [2.24, 2.45) is 5.10 Å². The summed E-state index contributed by atoms with van der Waals surface area (Å²) in [6.07, 6.45) is 0. The maximum absolute atomic E-state index is 11.2. The van der Waals surface area contributed by atoms with Crippen molar-refractivity contribution in [3.05, 3.63) is 30.3 Å². The Labute approximate surface area is 89.6 Å². The molecule has 0 atom stereocenters. The van der Waals surface area contributed by atoms with E-state index in [1.54, 1.807) is 19.0 Å². The number of rotatable bonds is 3. The maximum Gasteiger partial charge on any atom is 0.266 e. The van der Waals surface area contributed by atoms with E-state index in [9.17, 15) is 4.79 Å². The summed E-state index contributed by atoms with van der Waals surface area (Å²) in [5, 5.41) is 8.35. The van der Waals surface area contributed by atoms with E-state index in [1.165, 1.54) is 0 Å². The molecule has 0 heterocycles. The Morgan fingerprint density at radius 3 is 2.47 bits per heavy atom. The molecule has 4 nitrogen and oxygen atoms in total. The molecule has 0 radical (unpaired) electrons. The van der Waals surface area contributed by atoms with Gasteiger partial charge in [0.25, 0.3) is 5.91 Å². The van der Waals surface area contributed by atoms with Gasteiger partial charge in [0.05, 0.1) is 5.69 Å². The molecule has 15 heavy (non-hydrogen) atoms. The molecule has 1 rings (SSSR count). The van der Waals surface area contributed by atoms with Crippen LogP contribution >= 0.6 is 0 Å². The third kappa shape index (κ3) is 3.09. The number of amides is 1. The third-order valence-electron chi connectivity index (χ3n) is 1.99. The quantitative estimate of drug-likeness (QED) is 0.596. The van der Waals surface area contributed by atoms with Crippen LogP contribution in [0, 0.1) is 0 Å². The zero-order valence-electron chi connectivity index (χ0n) is 9.19. The summed E-state index contributed by atoms with van der Waals surface area (Å²) in [6, 6.07) is 9.65. The van der Waals surface area contributed by atoms with Gasteiger partial charge >= 0.3 is 0 Å². The number of hydrazone groups is 1. The fraction of sp³-hybridized carbons (Fsp3) is 0.273. The van der Waals surface area contributed by atoms with Gasteiger partial charge in [-0.3, -0.25) is 9.80 Å². The fourth-order valence-corrected chi connectivity index (χ4v) is 1.15. The Balaban J connectivity index is 2.79. The Morgan fingerprint density at radius 1 is 1.33 bits per heavy atom. The molecule has 0 aliphatic carbocycles. The number of carbonyl (C=O) groups is 1. The van der Waals surface area contributed by atoms with Crippen LogP contribution in [0.2, 0.25) is 0 Å². The van der Waals surface area contributed by atoms with Gasteiger partial charge in [-0.1, -0.05) is 18.2 Å². The Morgan fingerprint density at radius 2 is 1.93 bits per heavy atom. The second-order valence-electron chi connectivity index (χ2n) is 3.12.